The molecule has 2 amide bonds. The number of thiophene rings is 1. The summed E-state index contributed by atoms with van der Waals surface area (Å²) in [5.41, 5.74) is 1.67. The number of nitrogens with zero attached hydrogens (tertiary/aromatic N) is 1. The number of para-hydroxylation sites is 1. The van der Waals surface area contributed by atoms with E-state index in [-0.39, 0.29) is 6.03 Å². The molecular formula is C17H15ClN2O2S. The largest absolute Gasteiger partial charge is 0.467 e. The second kappa shape index (κ2) is 7.35. The van der Waals surface area contributed by atoms with Gasteiger partial charge in [0.2, 0.25) is 0 Å². The maximum absolute atomic E-state index is 12.6. The van der Waals surface area contributed by atoms with Gasteiger partial charge < -0.3 is 14.6 Å². The lowest BCUT2D eigenvalue weighted by atomic mass is 10.3. The van der Waals surface area contributed by atoms with E-state index in [1.54, 1.807) is 34.6 Å². The average molecular weight is 347 g/mol. The third-order valence-electron chi connectivity index (χ3n) is 3.28. The zero-order chi connectivity index (χ0) is 16.1. The van der Waals surface area contributed by atoms with Crippen LogP contribution in [0.4, 0.5) is 10.5 Å². The normalized spacial score (nSPS) is 10.5. The number of carbonyl (C=O) groups is 1. The van der Waals surface area contributed by atoms with Crippen molar-refractivity contribution in [2.75, 3.05) is 5.32 Å². The molecule has 1 aromatic carbocycles. The molecule has 23 heavy (non-hydrogen) atoms. The number of amides is 2. The summed E-state index contributed by atoms with van der Waals surface area (Å²) in [6, 6.07) is 12.6. The molecule has 0 aliphatic rings. The van der Waals surface area contributed by atoms with Gasteiger partial charge in [0, 0.05) is 6.54 Å². The Morgan fingerprint density at radius 2 is 2.04 bits per heavy atom. The quantitative estimate of drug-likeness (QED) is 0.687. The lowest BCUT2D eigenvalue weighted by Crippen LogP contribution is -2.33. The Morgan fingerprint density at radius 1 is 1.17 bits per heavy atom. The van der Waals surface area contributed by atoms with Crippen LogP contribution in [0, 0.1) is 0 Å². The van der Waals surface area contributed by atoms with Gasteiger partial charge in [0.05, 0.1) is 23.5 Å². The molecule has 0 spiro atoms. The molecule has 0 bridgehead atoms. The molecule has 0 aliphatic heterocycles. The van der Waals surface area contributed by atoms with E-state index >= 15 is 0 Å². The number of anilines is 1. The Kier molecular flexibility index (Phi) is 5.00. The number of urea groups is 1. The molecular weight excluding hydrogens is 332 g/mol. The number of benzene rings is 1. The third kappa shape index (κ3) is 4.15. The summed E-state index contributed by atoms with van der Waals surface area (Å²) < 4.78 is 5.36. The van der Waals surface area contributed by atoms with Gasteiger partial charge in [-0.05, 0) is 46.7 Å². The lowest BCUT2D eigenvalue weighted by molar-refractivity contribution is 0.201. The standard InChI is InChI=1S/C17H15ClN2O2S/c18-15-5-1-2-6-16(15)19-17(21)20(10-13-7-9-23-12-13)11-14-4-3-8-22-14/h1-9,12H,10-11H2,(H,19,21). The van der Waals surface area contributed by atoms with E-state index < -0.39 is 0 Å². The number of halogens is 1. The lowest BCUT2D eigenvalue weighted by Gasteiger charge is -2.22. The smallest absolute Gasteiger partial charge is 0.322 e. The molecule has 0 atom stereocenters. The van der Waals surface area contributed by atoms with Crippen LogP contribution in [-0.2, 0) is 13.1 Å². The van der Waals surface area contributed by atoms with Crippen LogP contribution in [0.1, 0.15) is 11.3 Å². The molecule has 0 radical (unpaired) electrons. The Balaban J connectivity index is 1.76. The predicted molar refractivity (Wildman–Crippen MR) is 92.7 cm³/mol. The number of hydrogen-bond acceptors (Lipinski definition) is 3. The molecule has 0 saturated heterocycles. The van der Waals surface area contributed by atoms with Crippen molar-refractivity contribution in [1.29, 1.82) is 0 Å². The molecule has 0 unspecified atom stereocenters. The number of hydrogen-bond donors (Lipinski definition) is 1. The number of carbonyl (C=O) groups excluding carboxylic acids is 1. The van der Waals surface area contributed by atoms with Gasteiger partial charge in [-0.2, -0.15) is 11.3 Å². The van der Waals surface area contributed by atoms with Crippen molar-refractivity contribution in [2.24, 2.45) is 0 Å². The topological polar surface area (TPSA) is 45.5 Å². The van der Waals surface area contributed by atoms with E-state index in [0.29, 0.717) is 23.8 Å². The number of rotatable bonds is 5. The monoisotopic (exact) mass is 346 g/mol. The van der Waals surface area contributed by atoms with Crippen LogP contribution in [0.2, 0.25) is 5.02 Å². The molecule has 2 heterocycles. The predicted octanol–water partition coefficient (Wildman–Crippen LogP) is 5.23. The minimum absolute atomic E-state index is 0.222. The van der Waals surface area contributed by atoms with Crippen LogP contribution < -0.4 is 5.32 Å². The highest BCUT2D eigenvalue weighted by Crippen LogP contribution is 2.22. The molecule has 2 aromatic heterocycles. The van der Waals surface area contributed by atoms with E-state index in [4.69, 9.17) is 16.0 Å². The van der Waals surface area contributed by atoms with Crippen LogP contribution in [-0.4, -0.2) is 10.9 Å². The van der Waals surface area contributed by atoms with E-state index in [1.807, 2.05) is 41.1 Å². The van der Waals surface area contributed by atoms with Crippen LogP contribution >= 0.6 is 22.9 Å². The summed E-state index contributed by atoms with van der Waals surface area (Å²) >= 11 is 7.71. The molecule has 0 saturated carbocycles. The van der Waals surface area contributed by atoms with Crippen molar-refractivity contribution >= 4 is 34.7 Å². The van der Waals surface area contributed by atoms with Crippen molar-refractivity contribution in [3.63, 3.8) is 0 Å². The SMILES string of the molecule is O=C(Nc1ccccc1Cl)N(Cc1ccsc1)Cc1ccco1. The van der Waals surface area contributed by atoms with Gasteiger partial charge in [-0.1, -0.05) is 23.7 Å². The highest BCUT2D eigenvalue weighted by Gasteiger charge is 2.17. The average Bonchev–Trinajstić information content (AvgIpc) is 3.22. The van der Waals surface area contributed by atoms with Gasteiger partial charge in [0.15, 0.2) is 0 Å². The summed E-state index contributed by atoms with van der Waals surface area (Å²) in [6.07, 6.45) is 1.60. The van der Waals surface area contributed by atoms with E-state index in [1.165, 1.54) is 0 Å². The number of furan rings is 1. The van der Waals surface area contributed by atoms with E-state index in [9.17, 15) is 4.79 Å². The minimum atomic E-state index is -0.222. The van der Waals surface area contributed by atoms with Gasteiger partial charge in [-0.3, -0.25) is 0 Å². The van der Waals surface area contributed by atoms with E-state index in [2.05, 4.69) is 5.32 Å². The Bertz CT molecular complexity index is 721. The van der Waals surface area contributed by atoms with Gasteiger partial charge in [-0.15, -0.1) is 0 Å². The molecule has 1 N–H and O–H groups in total. The molecule has 118 valence electrons. The first-order valence-corrected chi connectivity index (χ1v) is 8.38. The van der Waals surface area contributed by atoms with Gasteiger partial charge in [-0.25, -0.2) is 4.79 Å². The van der Waals surface area contributed by atoms with Crippen molar-refractivity contribution in [3.05, 3.63) is 75.8 Å². The highest BCUT2D eigenvalue weighted by molar-refractivity contribution is 7.07. The molecule has 3 aromatic rings. The summed E-state index contributed by atoms with van der Waals surface area (Å²) in [5.74, 6) is 0.731. The fourth-order valence-electron chi connectivity index (χ4n) is 2.15. The Labute approximate surface area is 143 Å². The van der Waals surface area contributed by atoms with Crippen LogP contribution in [0.5, 0.6) is 0 Å². The molecule has 0 fully saturated rings. The maximum atomic E-state index is 12.6. The summed E-state index contributed by atoms with van der Waals surface area (Å²) in [5, 5.41) is 7.38. The summed E-state index contributed by atoms with van der Waals surface area (Å²) in [4.78, 5) is 14.3. The maximum Gasteiger partial charge on any atom is 0.322 e. The third-order valence-corrected chi connectivity index (χ3v) is 4.34. The summed E-state index contributed by atoms with van der Waals surface area (Å²) in [6.45, 7) is 0.889. The van der Waals surface area contributed by atoms with Crippen LogP contribution in [0.25, 0.3) is 0 Å². The van der Waals surface area contributed by atoms with Gasteiger partial charge in [0.25, 0.3) is 0 Å². The van der Waals surface area contributed by atoms with Crippen LogP contribution in [0.15, 0.2) is 63.9 Å². The van der Waals surface area contributed by atoms with Gasteiger partial charge in [0.1, 0.15) is 5.76 Å². The molecule has 6 heteroatoms. The van der Waals surface area contributed by atoms with Gasteiger partial charge >= 0.3 is 6.03 Å². The first-order valence-electron chi connectivity index (χ1n) is 7.06. The first kappa shape index (κ1) is 15.6. The minimum Gasteiger partial charge on any atom is -0.467 e. The molecule has 4 nitrogen and oxygen atoms in total. The zero-order valence-corrected chi connectivity index (χ0v) is 13.8. The Hall–Kier alpha value is -2.24. The van der Waals surface area contributed by atoms with Crippen molar-refractivity contribution in [1.82, 2.24) is 4.90 Å². The second-order valence-electron chi connectivity index (χ2n) is 4.98. The Morgan fingerprint density at radius 3 is 2.74 bits per heavy atom. The van der Waals surface area contributed by atoms with E-state index in [0.717, 1.165) is 11.3 Å². The fraction of sp³-hybridized carbons (Fsp3) is 0.118. The number of nitrogens with one attached hydrogen (secondary N) is 1. The van der Waals surface area contributed by atoms with Crippen molar-refractivity contribution < 1.29 is 9.21 Å². The molecule has 3 rings (SSSR count). The molecule has 0 aliphatic carbocycles. The van der Waals surface area contributed by atoms with Crippen molar-refractivity contribution in [3.8, 4) is 0 Å². The fourth-order valence-corrected chi connectivity index (χ4v) is 2.99. The zero-order valence-electron chi connectivity index (χ0n) is 12.2. The second-order valence-corrected chi connectivity index (χ2v) is 6.16. The first-order chi connectivity index (χ1) is 11.2. The summed E-state index contributed by atoms with van der Waals surface area (Å²) in [7, 11) is 0. The van der Waals surface area contributed by atoms with Crippen LogP contribution in [0.3, 0.4) is 0 Å². The van der Waals surface area contributed by atoms with Crippen molar-refractivity contribution in [2.45, 2.75) is 13.1 Å². The highest BCUT2D eigenvalue weighted by atomic mass is 35.5.